The van der Waals surface area contributed by atoms with Crippen molar-refractivity contribution in [3.05, 3.63) is 23.9 Å². The van der Waals surface area contributed by atoms with E-state index in [1.54, 1.807) is 0 Å². The number of pyridine rings is 1. The lowest BCUT2D eigenvalue weighted by molar-refractivity contribution is 0.248. The van der Waals surface area contributed by atoms with Crippen molar-refractivity contribution in [2.24, 2.45) is 5.73 Å². The molecule has 1 heterocycles. The van der Waals surface area contributed by atoms with E-state index in [-0.39, 0.29) is 6.04 Å². The molecule has 0 saturated carbocycles. The lowest BCUT2D eigenvalue weighted by atomic mass is 10.1. The normalized spacial score (nSPS) is 12.8. The van der Waals surface area contributed by atoms with Gasteiger partial charge in [0, 0.05) is 18.8 Å². The van der Waals surface area contributed by atoms with Crippen molar-refractivity contribution in [3.63, 3.8) is 0 Å². The molecule has 0 saturated heterocycles. The number of unbranched alkanes of at least 4 members (excludes halogenated alkanes) is 2. The summed E-state index contributed by atoms with van der Waals surface area (Å²) in [6.07, 6.45) is 7.67. The lowest BCUT2D eigenvalue weighted by Crippen LogP contribution is -2.39. The molecule has 1 unspecified atom stereocenters. The highest BCUT2D eigenvalue weighted by molar-refractivity contribution is 5.29. The Balaban J connectivity index is 2.42. The molecule has 20 heavy (non-hydrogen) atoms. The van der Waals surface area contributed by atoms with Gasteiger partial charge in [0.25, 0.3) is 0 Å². The van der Waals surface area contributed by atoms with Gasteiger partial charge in [-0.15, -0.1) is 0 Å². The van der Waals surface area contributed by atoms with Gasteiger partial charge in [0.05, 0.1) is 0 Å². The van der Waals surface area contributed by atoms with Crippen LogP contribution >= 0.6 is 0 Å². The number of nitrogens with zero attached hydrogens (tertiary/aromatic N) is 2. The van der Waals surface area contributed by atoms with E-state index in [9.17, 15) is 0 Å². The highest BCUT2D eigenvalue weighted by Gasteiger charge is 2.11. The average Bonchev–Trinajstić information content (AvgIpc) is 2.44. The number of hydrogen-bond acceptors (Lipinski definition) is 4. The zero-order valence-corrected chi connectivity index (χ0v) is 13.0. The van der Waals surface area contributed by atoms with Crippen molar-refractivity contribution < 1.29 is 0 Å². The van der Waals surface area contributed by atoms with E-state index in [0.717, 1.165) is 31.6 Å². The quantitative estimate of drug-likeness (QED) is 0.690. The Morgan fingerprint density at radius 1 is 1.15 bits per heavy atom. The van der Waals surface area contributed by atoms with E-state index in [0.29, 0.717) is 5.82 Å². The molecule has 114 valence electrons. The molecule has 0 aromatic carbocycles. The molecular weight excluding hydrogens is 248 g/mol. The third-order valence-corrected chi connectivity index (χ3v) is 3.49. The number of nitrogens with two attached hydrogens (primary N) is 2. The van der Waals surface area contributed by atoms with Gasteiger partial charge < -0.3 is 16.4 Å². The van der Waals surface area contributed by atoms with Crippen LogP contribution in [0.4, 0.5) is 5.82 Å². The number of hydrogen-bond donors (Lipinski definition) is 2. The Labute approximate surface area is 123 Å². The minimum Gasteiger partial charge on any atom is -0.384 e. The zero-order valence-electron chi connectivity index (χ0n) is 13.0. The first-order chi connectivity index (χ1) is 9.65. The van der Waals surface area contributed by atoms with Gasteiger partial charge in [-0.3, -0.25) is 0 Å². The van der Waals surface area contributed by atoms with Crippen LogP contribution in [-0.2, 0) is 6.42 Å². The van der Waals surface area contributed by atoms with Crippen LogP contribution in [0.25, 0.3) is 0 Å². The Kier molecular flexibility index (Phi) is 8.23. The van der Waals surface area contributed by atoms with Crippen LogP contribution in [-0.4, -0.2) is 35.6 Å². The highest BCUT2D eigenvalue weighted by atomic mass is 15.1. The average molecular weight is 278 g/mol. The maximum absolute atomic E-state index is 6.29. The van der Waals surface area contributed by atoms with E-state index in [2.05, 4.69) is 23.7 Å². The Hall–Kier alpha value is -1.13. The molecule has 0 spiro atoms. The van der Waals surface area contributed by atoms with Crippen LogP contribution in [0.15, 0.2) is 18.3 Å². The van der Waals surface area contributed by atoms with E-state index in [4.69, 9.17) is 11.5 Å². The fraction of sp³-hybridized carbons (Fsp3) is 0.688. The summed E-state index contributed by atoms with van der Waals surface area (Å²) in [5.74, 6) is 0.565. The Morgan fingerprint density at radius 3 is 2.30 bits per heavy atom. The summed E-state index contributed by atoms with van der Waals surface area (Å²) in [6.45, 7) is 7.74. The molecule has 4 nitrogen and oxygen atoms in total. The summed E-state index contributed by atoms with van der Waals surface area (Å²) in [4.78, 5) is 6.62. The van der Waals surface area contributed by atoms with Crippen LogP contribution in [0.3, 0.4) is 0 Å². The maximum Gasteiger partial charge on any atom is 0.123 e. The van der Waals surface area contributed by atoms with Crippen LogP contribution in [0.1, 0.15) is 45.1 Å². The molecule has 0 aliphatic heterocycles. The van der Waals surface area contributed by atoms with Crippen molar-refractivity contribution in [1.29, 1.82) is 0 Å². The van der Waals surface area contributed by atoms with E-state index in [1.807, 2.05) is 18.3 Å². The second-order valence-corrected chi connectivity index (χ2v) is 5.56. The first-order valence-electron chi connectivity index (χ1n) is 7.84. The maximum atomic E-state index is 6.29. The first-order valence-corrected chi connectivity index (χ1v) is 7.84. The van der Waals surface area contributed by atoms with Gasteiger partial charge in [-0.1, -0.05) is 32.8 Å². The number of aromatic nitrogens is 1. The van der Waals surface area contributed by atoms with Crippen molar-refractivity contribution in [2.45, 2.75) is 52.0 Å². The van der Waals surface area contributed by atoms with Crippen molar-refractivity contribution in [1.82, 2.24) is 9.88 Å². The first kappa shape index (κ1) is 16.9. The van der Waals surface area contributed by atoms with Crippen LogP contribution in [0, 0.1) is 0 Å². The van der Waals surface area contributed by atoms with Gasteiger partial charge in [-0.2, -0.15) is 0 Å². The second-order valence-electron chi connectivity index (χ2n) is 5.56. The monoisotopic (exact) mass is 278 g/mol. The molecule has 0 radical (unpaired) electrons. The van der Waals surface area contributed by atoms with Crippen LogP contribution in [0.5, 0.6) is 0 Å². The van der Waals surface area contributed by atoms with Crippen molar-refractivity contribution >= 4 is 5.82 Å². The number of nitrogen functional groups attached to an aromatic ring is 1. The molecule has 0 fully saturated rings. The smallest absolute Gasteiger partial charge is 0.123 e. The van der Waals surface area contributed by atoms with Gasteiger partial charge in [-0.25, -0.2) is 4.98 Å². The predicted octanol–water partition coefficient (Wildman–Crippen LogP) is 2.44. The van der Waals surface area contributed by atoms with Gasteiger partial charge in [0.15, 0.2) is 0 Å². The van der Waals surface area contributed by atoms with Crippen LogP contribution in [0.2, 0.25) is 0 Å². The molecular formula is C16H30N4. The van der Waals surface area contributed by atoms with E-state index < -0.39 is 0 Å². The van der Waals surface area contributed by atoms with Gasteiger partial charge in [-0.05, 0) is 44.0 Å². The number of anilines is 1. The summed E-state index contributed by atoms with van der Waals surface area (Å²) >= 11 is 0. The summed E-state index contributed by atoms with van der Waals surface area (Å²) in [7, 11) is 0. The summed E-state index contributed by atoms with van der Waals surface area (Å²) in [5.41, 5.74) is 13.0. The van der Waals surface area contributed by atoms with Gasteiger partial charge in [0.1, 0.15) is 5.82 Å². The van der Waals surface area contributed by atoms with E-state index in [1.165, 1.54) is 25.7 Å². The molecule has 4 heteroatoms. The molecule has 1 rings (SSSR count). The molecule has 4 N–H and O–H groups in total. The second kappa shape index (κ2) is 9.72. The molecule has 1 atom stereocenters. The third kappa shape index (κ3) is 6.87. The third-order valence-electron chi connectivity index (χ3n) is 3.49. The molecule has 0 amide bonds. The fourth-order valence-electron chi connectivity index (χ4n) is 2.31. The predicted molar refractivity (Wildman–Crippen MR) is 86.6 cm³/mol. The molecule has 0 aliphatic rings. The van der Waals surface area contributed by atoms with Gasteiger partial charge in [0.2, 0.25) is 0 Å². The summed E-state index contributed by atoms with van der Waals surface area (Å²) in [5, 5.41) is 0. The Bertz CT molecular complexity index is 342. The van der Waals surface area contributed by atoms with Crippen LogP contribution < -0.4 is 11.5 Å². The lowest BCUT2D eigenvalue weighted by Gasteiger charge is -2.25. The fourth-order valence-corrected chi connectivity index (χ4v) is 2.31. The number of rotatable bonds is 10. The molecule has 0 bridgehead atoms. The highest BCUT2D eigenvalue weighted by Crippen LogP contribution is 2.06. The minimum atomic E-state index is 0.161. The van der Waals surface area contributed by atoms with E-state index >= 15 is 0 Å². The summed E-state index contributed by atoms with van der Waals surface area (Å²) < 4.78 is 0. The standard InChI is InChI=1S/C16H30N4/c1-3-5-9-20(10-6-4-2)13-15(17)11-14-7-8-16(18)19-12-14/h7-8,12,15H,3-6,9-11,13,17H2,1-2H3,(H2,18,19). The van der Waals surface area contributed by atoms with Crippen molar-refractivity contribution in [2.75, 3.05) is 25.4 Å². The molecule has 1 aromatic heterocycles. The summed E-state index contributed by atoms with van der Waals surface area (Å²) in [6, 6.07) is 4.02. The molecule has 0 aliphatic carbocycles. The minimum absolute atomic E-state index is 0.161. The largest absolute Gasteiger partial charge is 0.384 e. The zero-order chi connectivity index (χ0) is 14.8. The van der Waals surface area contributed by atoms with Crippen molar-refractivity contribution in [3.8, 4) is 0 Å². The Morgan fingerprint density at radius 2 is 1.80 bits per heavy atom. The van der Waals surface area contributed by atoms with Gasteiger partial charge >= 0.3 is 0 Å². The molecule has 1 aromatic rings. The topological polar surface area (TPSA) is 68.2 Å². The SMILES string of the molecule is CCCCN(CCCC)CC(N)Cc1ccc(N)nc1.